The van der Waals surface area contributed by atoms with E-state index in [0.717, 1.165) is 108 Å². The number of phosphoric acid groups is 2. The fourth-order valence-electron chi connectivity index (χ4n) is 12.6. The summed E-state index contributed by atoms with van der Waals surface area (Å²) in [5.74, 6) is 0.123. The van der Waals surface area contributed by atoms with E-state index >= 15 is 0 Å². The number of unbranched alkanes of at least 4 members (excludes halogenated alkanes) is 47. The molecule has 0 bridgehead atoms. The van der Waals surface area contributed by atoms with Crippen LogP contribution in [0.4, 0.5) is 0 Å². The Balaban J connectivity index is 5.18. The Morgan fingerprint density at radius 2 is 0.505 bits per heavy atom. The Kier molecular flexibility index (Phi) is 70.9. The Morgan fingerprint density at radius 1 is 0.287 bits per heavy atom. The lowest BCUT2D eigenvalue weighted by atomic mass is 10.00. The van der Waals surface area contributed by atoms with E-state index < -0.39 is 97.5 Å². The molecule has 101 heavy (non-hydrogen) atoms. The van der Waals surface area contributed by atoms with Crippen LogP contribution in [0.15, 0.2) is 0 Å². The van der Waals surface area contributed by atoms with Gasteiger partial charge in [-0.1, -0.05) is 376 Å². The third-order valence-corrected chi connectivity index (χ3v) is 21.4. The van der Waals surface area contributed by atoms with Crippen molar-refractivity contribution in [1.82, 2.24) is 0 Å². The van der Waals surface area contributed by atoms with Crippen LogP contribution in [-0.4, -0.2) is 96.7 Å². The van der Waals surface area contributed by atoms with Gasteiger partial charge in [0.1, 0.15) is 19.3 Å². The molecule has 600 valence electrons. The average molecular weight is 1480 g/mol. The number of aliphatic hydroxyl groups is 1. The van der Waals surface area contributed by atoms with Crippen molar-refractivity contribution in [2.24, 2.45) is 17.8 Å². The summed E-state index contributed by atoms with van der Waals surface area (Å²) in [4.78, 5) is 72.9. The first-order chi connectivity index (χ1) is 48.8. The molecule has 0 spiro atoms. The van der Waals surface area contributed by atoms with E-state index in [1.165, 1.54) is 231 Å². The van der Waals surface area contributed by atoms with Crippen molar-refractivity contribution in [3.8, 4) is 0 Å². The molecule has 0 heterocycles. The van der Waals surface area contributed by atoms with E-state index in [1.807, 2.05) is 0 Å². The lowest BCUT2D eigenvalue weighted by Crippen LogP contribution is -2.30. The zero-order chi connectivity index (χ0) is 74.4. The largest absolute Gasteiger partial charge is 0.472 e. The second kappa shape index (κ2) is 72.3. The summed E-state index contributed by atoms with van der Waals surface area (Å²) in [5, 5.41) is 10.6. The van der Waals surface area contributed by atoms with Crippen LogP contribution < -0.4 is 0 Å². The maximum Gasteiger partial charge on any atom is 0.472 e. The third-order valence-electron chi connectivity index (χ3n) is 19.5. The van der Waals surface area contributed by atoms with Crippen LogP contribution in [0.3, 0.4) is 0 Å². The van der Waals surface area contributed by atoms with Gasteiger partial charge in [-0.15, -0.1) is 0 Å². The zero-order valence-electron chi connectivity index (χ0n) is 66.4. The summed E-state index contributed by atoms with van der Waals surface area (Å²) < 4.78 is 68.6. The van der Waals surface area contributed by atoms with E-state index in [9.17, 15) is 43.2 Å². The Bertz CT molecular complexity index is 1960. The minimum Gasteiger partial charge on any atom is -0.462 e. The van der Waals surface area contributed by atoms with Crippen molar-refractivity contribution in [2.75, 3.05) is 39.6 Å². The summed E-state index contributed by atoms with van der Waals surface area (Å²) in [7, 11) is -9.92. The van der Waals surface area contributed by atoms with Gasteiger partial charge in [0.2, 0.25) is 0 Å². The second-order valence-electron chi connectivity index (χ2n) is 30.7. The highest BCUT2D eigenvalue weighted by atomic mass is 31.2. The maximum absolute atomic E-state index is 13.1. The molecular formula is C82H160O17P2. The summed E-state index contributed by atoms with van der Waals surface area (Å²) in [6.07, 6.45) is 61.5. The molecule has 0 rings (SSSR count). The molecule has 0 aromatic rings. The summed E-state index contributed by atoms with van der Waals surface area (Å²) >= 11 is 0. The molecule has 3 N–H and O–H groups in total. The van der Waals surface area contributed by atoms with Crippen LogP contribution >= 0.6 is 15.6 Å². The molecule has 0 aliphatic rings. The SMILES string of the molecule is CCCCCCCCCCCCCCCCCCCCCCCCC(=O)O[C@H](COC(=O)CCCCCCCCCCCCCCCCCCC(C)C)COP(=O)(O)OC[C@@H](O)COP(=O)(O)OC[C@@H](COC(=O)CCCCCCCCC(C)CC)OC(=O)CCCCCCCCCC(C)C. The predicted octanol–water partition coefficient (Wildman–Crippen LogP) is 24.5. The number of hydrogen-bond acceptors (Lipinski definition) is 15. The lowest BCUT2D eigenvalue weighted by molar-refractivity contribution is -0.161. The Hall–Kier alpha value is -1.94. The van der Waals surface area contributed by atoms with Crippen LogP contribution in [0.1, 0.15) is 427 Å². The Morgan fingerprint density at radius 3 is 0.752 bits per heavy atom. The fourth-order valence-corrected chi connectivity index (χ4v) is 14.2. The van der Waals surface area contributed by atoms with Crippen molar-refractivity contribution in [1.29, 1.82) is 0 Å². The fraction of sp³-hybridized carbons (Fsp3) is 0.951. The number of carbonyl (C=O) groups is 4. The molecule has 0 radical (unpaired) electrons. The average Bonchev–Trinajstić information content (AvgIpc) is 0.967. The van der Waals surface area contributed by atoms with Gasteiger partial charge in [0.25, 0.3) is 0 Å². The maximum atomic E-state index is 13.1. The highest BCUT2D eigenvalue weighted by molar-refractivity contribution is 7.47. The van der Waals surface area contributed by atoms with Gasteiger partial charge in [0.15, 0.2) is 12.2 Å². The van der Waals surface area contributed by atoms with Gasteiger partial charge >= 0.3 is 39.5 Å². The van der Waals surface area contributed by atoms with Gasteiger partial charge in [-0.2, -0.15) is 0 Å². The molecule has 17 nitrogen and oxygen atoms in total. The van der Waals surface area contributed by atoms with Crippen LogP contribution in [-0.2, 0) is 65.4 Å². The monoisotopic (exact) mass is 1480 g/mol. The number of hydrogen-bond donors (Lipinski definition) is 3. The van der Waals surface area contributed by atoms with Gasteiger partial charge in [-0.05, 0) is 43.4 Å². The van der Waals surface area contributed by atoms with Gasteiger partial charge < -0.3 is 33.8 Å². The highest BCUT2D eigenvalue weighted by Crippen LogP contribution is 2.45. The van der Waals surface area contributed by atoms with E-state index in [4.69, 9.17) is 37.0 Å². The number of phosphoric ester groups is 2. The first-order valence-corrected chi connectivity index (χ1v) is 45.4. The number of rotatable bonds is 80. The molecule has 19 heteroatoms. The van der Waals surface area contributed by atoms with E-state index in [1.54, 1.807) is 0 Å². The lowest BCUT2D eigenvalue weighted by Gasteiger charge is -2.21. The third kappa shape index (κ3) is 74.7. The predicted molar refractivity (Wildman–Crippen MR) is 414 cm³/mol. The zero-order valence-corrected chi connectivity index (χ0v) is 68.2. The second-order valence-corrected chi connectivity index (χ2v) is 33.6. The topological polar surface area (TPSA) is 237 Å². The molecule has 0 aliphatic heterocycles. The van der Waals surface area contributed by atoms with Crippen molar-refractivity contribution < 1.29 is 80.2 Å². The van der Waals surface area contributed by atoms with Gasteiger partial charge in [-0.3, -0.25) is 37.3 Å². The molecule has 0 aromatic carbocycles. The van der Waals surface area contributed by atoms with Crippen LogP contribution in [0.25, 0.3) is 0 Å². The first-order valence-electron chi connectivity index (χ1n) is 42.4. The molecule has 0 aliphatic carbocycles. The number of esters is 4. The summed E-state index contributed by atoms with van der Waals surface area (Å²) in [5.41, 5.74) is 0. The minimum absolute atomic E-state index is 0.103. The number of aliphatic hydroxyl groups excluding tert-OH is 1. The van der Waals surface area contributed by atoms with Crippen molar-refractivity contribution >= 4 is 39.5 Å². The van der Waals surface area contributed by atoms with Crippen molar-refractivity contribution in [3.05, 3.63) is 0 Å². The van der Waals surface area contributed by atoms with Crippen LogP contribution in [0.2, 0.25) is 0 Å². The highest BCUT2D eigenvalue weighted by Gasteiger charge is 2.30. The molecule has 0 saturated heterocycles. The van der Waals surface area contributed by atoms with E-state index in [2.05, 4.69) is 48.5 Å². The molecule has 3 unspecified atom stereocenters. The quantitative estimate of drug-likeness (QED) is 0.0222. The Labute approximate surface area is 619 Å². The molecule has 0 fully saturated rings. The first kappa shape index (κ1) is 99.1. The number of carbonyl (C=O) groups excluding carboxylic acids is 4. The summed E-state index contributed by atoms with van der Waals surface area (Å²) in [6, 6.07) is 0. The van der Waals surface area contributed by atoms with Gasteiger partial charge in [0, 0.05) is 25.7 Å². The standard InChI is InChI=1S/C82H160O17P2/c1-8-10-11-12-13-14-15-16-17-18-19-20-21-22-23-28-31-34-37-42-51-58-65-81(86)98-77(69-92-79(84)63-56-49-41-36-33-30-27-25-24-26-29-32-35-39-46-53-60-73(3)4)71-96-100(88,89)94-67-76(83)68-95-101(90,91)97-72-78(99-82(87)66-59-52-43-38-40-47-54-61-74(5)6)70-93-80(85)64-57-50-45-44-48-55-62-75(7)9-2/h73-78,83H,8-72H2,1-7H3,(H,88,89)(H,90,91)/t75?,76-,77-,78-/m1/s1. The molecule has 6 atom stereocenters. The summed E-state index contributed by atoms with van der Waals surface area (Å²) in [6.45, 7) is 11.9. The van der Waals surface area contributed by atoms with Gasteiger partial charge in [-0.25, -0.2) is 9.13 Å². The van der Waals surface area contributed by atoms with Crippen LogP contribution in [0.5, 0.6) is 0 Å². The molecular weight excluding hydrogens is 1320 g/mol. The minimum atomic E-state index is -4.96. The van der Waals surface area contributed by atoms with Gasteiger partial charge in [0.05, 0.1) is 26.4 Å². The molecule has 0 saturated carbocycles. The van der Waals surface area contributed by atoms with Crippen LogP contribution in [0, 0.1) is 17.8 Å². The van der Waals surface area contributed by atoms with E-state index in [0.29, 0.717) is 31.6 Å². The molecule has 0 amide bonds. The van der Waals surface area contributed by atoms with E-state index in [-0.39, 0.29) is 25.7 Å². The smallest absolute Gasteiger partial charge is 0.462 e. The van der Waals surface area contributed by atoms with Crippen molar-refractivity contribution in [3.63, 3.8) is 0 Å². The number of ether oxygens (including phenoxy) is 4. The van der Waals surface area contributed by atoms with Crippen molar-refractivity contribution in [2.45, 2.75) is 446 Å². The normalized spacial score (nSPS) is 14.2. The molecule has 0 aromatic heterocycles.